The highest BCUT2D eigenvalue weighted by Gasteiger charge is 2.31. The topological polar surface area (TPSA) is 79.5 Å². The molecule has 20 heavy (non-hydrogen) atoms. The molecule has 3 rings (SSSR count). The Hall–Kier alpha value is -2.08. The molecular formula is C14H15N3O2S. The van der Waals surface area contributed by atoms with Crippen molar-refractivity contribution in [3.8, 4) is 0 Å². The van der Waals surface area contributed by atoms with Crippen LogP contribution in [0.2, 0.25) is 0 Å². The van der Waals surface area contributed by atoms with E-state index < -0.39 is 5.97 Å². The number of aromatic nitrogens is 1. The van der Waals surface area contributed by atoms with Crippen LogP contribution in [0.4, 0.5) is 11.5 Å². The molecule has 0 spiro atoms. The third-order valence-corrected chi connectivity index (χ3v) is 4.05. The van der Waals surface area contributed by atoms with Crippen LogP contribution in [-0.2, 0) is 6.54 Å². The number of aromatic carboxylic acids is 1. The van der Waals surface area contributed by atoms with E-state index in [1.54, 1.807) is 17.4 Å². The van der Waals surface area contributed by atoms with Crippen LogP contribution in [0.15, 0.2) is 29.0 Å². The number of carboxylic acid groups (broad SMARTS) is 1. The van der Waals surface area contributed by atoms with E-state index in [0.29, 0.717) is 24.1 Å². The van der Waals surface area contributed by atoms with Crippen LogP contribution in [0.1, 0.15) is 28.9 Å². The summed E-state index contributed by atoms with van der Waals surface area (Å²) in [5, 5.41) is 13.2. The molecule has 0 amide bonds. The molecule has 5 nitrogen and oxygen atoms in total. The van der Waals surface area contributed by atoms with Crippen molar-refractivity contribution in [1.82, 2.24) is 4.98 Å². The smallest absolute Gasteiger partial charge is 0.354 e. The molecule has 104 valence electrons. The summed E-state index contributed by atoms with van der Waals surface area (Å²) in [7, 11) is 0. The molecule has 0 aliphatic heterocycles. The molecule has 0 saturated heterocycles. The predicted molar refractivity (Wildman–Crippen MR) is 79.1 cm³/mol. The van der Waals surface area contributed by atoms with E-state index in [1.165, 1.54) is 11.6 Å². The second-order valence-corrected chi connectivity index (χ2v) is 5.69. The predicted octanol–water partition coefficient (Wildman–Crippen LogP) is 2.59. The fourth-order valence-electron chi connectivity index (χ4n) is 2.15. The van der Waals surface area contributed by atoms with E-state index in [-0.39, 0.29) is 5.69 Å². The van der Waals surface area contributed by atoms with Gasteiger partial charge in [-0.3, -0.25) is 0 Å². The number of thiophene rings is 1. The number of carboxylic acids is 1. The second-order valence-electron chi connectivity index (χ2n) is 4.91. The van der Waals surface area contributed by atoms with Crippen molar-refractivity contribution in [3.05, 3.63) is 40.2 Å². The van der Waals surface area contributed by atoms with Gasteiger partial charge < -0.3 is 15.7 Å². The minimum Gasteiger partial charge on any atom is -0.477 e. The molecule has 2 heterocycles. The number of nitrogen functional groups attached to an aromatic ring is 1. The molecule has 6 heteroatoms. The summed E-state index contributed by atoms with van der Waals surface area (Å²) in [5.41, 5.74) is 7.75. The number of nitrogens with two attached hydrogens (primary N) is 1. The average Bonchev–Trinajstić information content (AvgIpc) is 3.14. The lowest BCUT2D eigenvalue weighted by Gasteiger charge is -2.24. The van der Waals surface area contributed by atoms with Crippen molar-refractivity contribution in [2.45, 2.75) is 25.4 Å². The van der Waals surface area contributed by atoms with Gasteiger partial charge in [0.25, 0.3) is 0 Å². The van der Waals surface area contributed by atoms with Crippen LogP contribution >= 0.6 is 11.3 Å². The lowest BCUT2D eigenvalue weighted by Crippen LogP contribution is -2.27. The Bertz CT molecular complexity index is 623. The van der Waals surface area contributed by atoms with Crippen LogP contribution < -0.4 is 10.6 Å². The zero-order valence-electron chi connectivity index (χ0n) is 10.8. The Morgan fingerprint density at radius 3 is 2.85 bits per heavy atom. The Morgan fingerprint density at radius 2 is 2.25 bits per heavy atom. The van der Waals surface area contributed by atoms with Gasteiger partial charge in [-0.15, -0.1) is 0 Å². The Balaban J connectivity index is 1.94. The van der Waals surface area contributed by atoms with Crippen LogP contribution in [0.3, 0.4) is 0 Å². The summed E-state index contributed by atoms with van der Waals surface area (Å²) in [6.07, 6.45) is 2.20. The van der Waals surface area contributed by atoms with Crippen molar-refractivity contribution in [2.24, 2.45) is 0 Å². The largest absolute Gasteiger partial charge is 0.477 e. The summed E-state index contributed by atoms with van der Waals surface area (Å²) < 4.78 is 0. The second kappa shape index (κ2) is 5.13. The summed E-state index contributed by atoms with van der Waals surface area (Å²) >= 11 is 1.65. The Morgan fingerprint density at radius 1 is 1.45 bits per heavy atom. The zero-order valence-corrected chi connectivity index (χ0v) is 11.6. The van der Waals surface area contributed by atoms with Crippen molar-refractivity contribution in [3.63, 3.8) is 0 Å². The van der Waals surface area contributed by atoms with E-state index in [0.717, 1.165) is 12.8 Å². The summed E-state index contributed by atoms with van der Waals surface area (Å²) in [4.78, 5) is 17.4. The standard InChI is InChI=1S/C14H15N3O2S/c15-11-3-4-12(14(18)19)16-13(11)17(10-1-2-10)7-9-5-6-20-8-9/h3-6,8,10H,1-2,7,15H2,(H,18,19). The lowest BCUT2D eigenvalue weighted by molar-refractivity contribution is 0.0690. The summed E-state index contributed by atoms with van der Waals surface area (Å²) in [6.45, 7) is 0.717. The van der Waals surface area contributed by atoms with E-state index in [1.807, 2.05) is 5.38 Å². The van der Waals surface area contributed by atoms with Crippen LogP contribution in [0.25, 0.3) is 0 Å². The fraction of sp³-hybridized carbons (Fsp3) is 0.286. The quantitative estimate of drug-likeness (QED) is 0.884. The molecule has 1 fully saturated rings. The first-order valence-corrected chi connectivity index (χ1v) is 7.37. The molecule has 2 aromatic heterocycles. The first-order chi connectivity index (χ1) is 9.65. The molecule has 0 bridgehead atoms. The van der Waals surface area contributed by atoms with Gasteiger partial charge >= 0.3 is 5.97 Å². The molecule has 1 aliphatic carbocycles. The maximum absolute atomic E-state index is 11.1. The van der Waals surface area contributed by atoms with Crippen molar-refractivity contribution >= 4 is 28.8 Å². The summed E-state index contributed by atoms with van der Waals surface area (Å²) in [5.74, 6) is -0.448. The monoisotopic (exact) mass is 289 g/mol. The number of carbonyl (C=O) groups is 1. The first kappa shape index (κ1) is 12.9. The highest BCUT2D eigenvalue weighted by atomic mass is 32.1. The number of nitrogens with zero attached hydrogens (tertiary/aromatic N) is 2. The van der Waals surface area contributed by atoms with Crippen molar-refractivity contribution in [2.75, 3.05) is 10.6 Å². The number of rotatable bonds is 5. The summed E-state index contributed by atoms with van der Waals surface area (Å²) in [6, 6.07) is 5.54. The van der Waals surface area contributed by atoms with Crippen molar-refractivity contribution < 1.29 is 9.90 Å². The number of hydrogen-bond donors (Lipinski definition) is 2. The third-order valence-electron chi connectivity index (χ3n) is 3.32. The third kappa shape index (κ3) is 2.60. The van der Waals surface area contributed by atoms with Gasteiger partial charge in [-0.05, 0) is 47.4 Å². The van der Waals surface area contributed by atoms with Gasteiger partial charge in [0.1, 0.15) is 0 Å². The van der Waals surface area contributed by atoms with E-state index >= 15 is 0 Å². The Labute approximate surface area is 120 Å². The molecule has 2 aromatic rings. The van der Waals surface area contributed by atoms with Gasteiger partial charge in [-0.2, -0.15) is 11.3 Å². The molecule has 0 aromatic carbocycles. The minimum atomic E-state index is -1.03. The molecular weight excluding hydrogens is 274 g/mol. The average molecular weight is 289 g/mol. The highest BCUT2D eigenvalue weighted by molar-refractivity contribution is 7.07. The highest BCUT2D eigenvalue weighted by Crippen LogP contribution is 2.35. The van der Waals surface area contributed by atoms with E-state index in [2.05, 4.69) is 21.3 Å². The Kier molecular flexibility index (Phi) is 3.31. The first-order valence-electron chi connectivity index (χ1n) is 6.42. The van der Waals surface area contributed by atoms with Gasteiger partial charge in [-0.1, -0.05) is 0 Å². The van der Waals surface area contributed by atoms with Crippen LogP contribution in [-0.4, -0.2) is 22.1 Å². The van der Waals surface area contributed by atoms with E-state index in [4.69, 9.17) is 10.8 Å². The SMILES string of the molecule is Nc1ccc(C(=O)O)nc1N(Cc1ccsc1)C1CC1. The molecule has 1 aliphatic rings. The normalized spacial score (nSPS) is 14.2. The number of hydrogen-bond acceptors (Lipinski definition) is 5. The molecule has 3 N–H and O–H groups in total. The number of pyridine rings is 1. The number of anilines is 2. The van der Waals surface area contributed by atoms with Gasteiger partial charge in [0, 0.05) is 12.6 Å². The van der Waals surface area contributed by atoms with Gasteiger partial charge in [0.2, 0.25) is 0 Å². The molecule has 0 atom stereocenters. The minimum absolute atomic E-state index is 0.0326. The van der Waals surface area contributed by atoms with Crippen LogP contribution in [0.5, 0.6) is 0 Å². The lowest BCUT2D eigenvalue weighted by atomic mass is 10.2. The maximum Gasteiger partial charge on any atom is 0.354 e. The van der Waals surface area contributed by atoms with Crippen LogP contribution in [0, 0.1) is 0 Å². The van der Waals surface area contributed by atoms with Crippen molar-refractivity contribution in [1.29, 1.82) is 0 Å². The zero-order chi connectivity index (χ0) is 14.1. The maximum atomic E-state index is 11.1. The van der Waals surface area contributed by atoms with E-state index in [9.17, 15) is 4.79 Å². The molecule has 0 unspecified atom stereocenters. The van der Waals surface area contributed by atoms with Gasteiger partial charge in [0.15, 0.2) is 11.5 Å². The fourth-order valence-corrected chi connectivity index (χ4v) is 2.81. The molecule has 0 radical (unpaired) electrons. The van der Waals surface area contributed by atoms with Gasteiger partial charge in [0.05, 0.1) is 5.69 Å². The molecule has 1 saturated carbocycles. The van der Waals surface area contributed by atoms with Gasteiger partial charge in [-0.25, -0.2) is 9.78 Å².